The van der Waals surface area contributed by atoms with Gasteiger partial charge >= 0.3 is 5.97 Å². The summed E-state index contributed by atoms with van der Waals surface area (Å²) in [7, 11) is 2.79. The van der Waals surface area contributed by atoms with Crippen molar-refractivity contribution >= 4 is 17.6 Å². The Balaban J connectivity index is 3.05. The molecule has 0 atom stereocenters. The van der Waals surface area contributed by atoms with Crippen LogP contribution in [0.15, 0.2) is 12.1 Å². The normalized spacial score (nSPS) is 10.3. The zero-order chi connectivity index (χ0) is 16.0. The maximum Gasteiger partial charge on any atom is 0.335 e. The number of amides is 1. The largest absolute Gasteiger partial charge is 0.493 e. The van der Waals surface area contributed by atoms with Gasteiger partial charge in [0.15, 0.2) is 11.5 Å². The lowest BCUT2D eigenvalue weighted by molar-refractivity contribution is -0.121. The van der Waals surface area contributed by atoms with Gasteiger partial charge in [-0.2, -0.15) is 0 Å². The molecule has 1 aromatic rings. The molecule has 1 amide bonds. The van der Waals surface area contributed by atoms with Crippen LogP contribution in [0.5, 0.6) is 11.5 Å². The van der Waals surface area contributed by atoms with Crippen LogP contribution in [0.1, 0.15) is 24.2 Å². The number of nitrogens with one attached hydrogen (secondary N) is 1. The van der Waals surface area contributed by atoms with Gasteiger partial charge in [0.05, 0.1) is 31.6 Å². The zero-order valence-corrected chi connectivity index (χ0v) is 12.4. The molecular formula is C14H19NO6. The minimum absolute atomic E-state index is 0.0206. The van der Waals surface area contributed by atoms with Crippen LogP contribution >= 0.6 is 0 Å². The maximum absolute atomic E-state index is 11.8. The molecule has 1 aromatic carbocycles. The standard InChI is InChI=1S/C14H19NO6/c1-8(2)21-7-12(16)15-10-5-9(14(17)18)6-11(19-3)13(10)20-4/h5-6,8H,7H2,1-4H3,(H,15,16)(H,17,18). The van der Waals surface area contributed by atoms with Crippen LogP contribution in [-0.4, -0.2) is 43.9 Å². The number of carboxylic acid groups (broad SMARTS) is 1. The van der Waals surface area contributed by atoms with E-state index >= 15 is 0 Å². The topological polar surface area (TPSA) is 94.1 Å². The molecule has 0 heterocycles. The molecule has 0 aliphatic heterocycles. The van der Waals surface area contributed by atoms with Crippen molar-refractivity contribution in [1.29, 1.82) is 0 Å². The Kier molecular flexibility index (Phi) is 5.98. The van der Waals surface area contributed by atoms with Gasteiger partial charge in [-0.1, -0.05) is 0 Å². The smallest absolute Gasteiger partial charge is 0.335 e. The first-order valence-corrected chi connectivity index (χ1v) is 6.29. The molecule has 1 rings (SSSR count). The lowest BCUT2D eigenvalue weighted by Gasteiger charge is -2.15. The lowest BCUT2D eigenvalue weighted by atomic mass is 10.1. The van der Waals surface area contributed by atoms with Crippen molar-refractivity contribution in [2.75, 3.05) is 26.1 Å². The number of benzene rings is 1. The van der Waals surface area contributed by atoms with E-state index in [0.29, 0.717) is 0 Å². The summed E-state index contributed by atoms with van der Waals surface area (Å²) >= 11 is 0. The fourth-order valence-electron chi connectivity index (χ4n) is 1.61. The maximum atomic E-state index is 11.8. The predicted octanol–water partition coefficient (Wildman–Crippen LogP) is 1.77. The van der Waals surface area contributed by atoms with Gasteiger partial charge in [-0.3, -0.25) is 4.79 Å². The van der Waals surface area contributed by atoms with Crippen molar-refractivity contribution in [3.05, 3.63) is 17.7 Å². The van der Waals surface area contributed by atoms with Crippen molar-refractivity contribution in [3.8, 4) is 11.5 Å². The number of aromatic carboxylic acids is 1. The van der Waals surface area contributed by atoms with Gasteiger partial charge in [-0.25, -0.2) is 4.79 Å². The Morgan fingerprint density at radius 1 is 1.24 bits per heavy atom. The average molecular weight is 297 g/mol. The molecule has 0 aliphatic carbocycles. The number of carboxylic acids is 1. The Morgan fingerprint density at radius 2 is 1.90 bits per heavy atom. The Morgan fingerprint density at radius 3 is 2.38 bits per heavy atom. The van der Waals surface area contributed by atoms with Gasteiger partial charge in [0.25, 0.3) is 0 Å². The summed E-state index contributed by atoms with van der Waals surface area (Å²) in [6.07, 6.45) is -0.0856. The first kappa shape index (κ1) is 16.8. The summed E-state index contributed by atoms with van der Waals surface area (Å²) in [5, 5.41) is 11.6. The number of rotatable bonds is 7. The molecule has 0 aliphatic rings. The first-order chi connectivity index (χ1) is 9.88. The van der Waals surface area contributed by atoms with Crippen molar-refractivity contribution in [2.24, 2.45) is 0 Å². The third-order valence-corrected chi connectivity index (χ3v) is 2.55. The highest BCUT2D eigenvalue weighted by molar-refractivity contribution is 5.97. The Labute approximate surface area is 122 Å². The molecule has 7 heteroatoms. The third kappa shape index (κ3) is 4.64. The fraction of sp³-hybridized carbons (Fsp3) is 0.429. The second kappa shape index (κ2) is 7.49. The molecule has 0 unspecified atom stereocenters. The second-order valence-corrected chi connectivity index (χ2v) is 4.47. The summed E-state index contributed by atoms with van der Waals surface area (Å²) in [5.74, 6) is -1.07. The van der Waals surface area contributed by atoms with E-state index in [1.54, 1.807) is 0 Å². The number of methoxy groups -OCH3 is 2. The molecule has 0 saturated heterocycles. The third-order valence-electron chi connectivity index (χ3n) is 2.55. The second-order valence-electron chi connectivity index (χ2n) is 4.47. The molecule has 0 fully saturated rings. The summed E-state index contributed by atoms with van der Waals surface area (Å²) in [4.78, 5) is 22.9. The van der Waals surface area contributed by atoms with Gasteiger partial charge < -0.3 is 24.6 Å². The van der Waals surface area contributed by atoms with Crippen molar-refractivity contribution in [2.45, 2.75) is 20.0 Å². The molecule has 0 bridgehead atoms. The number of hydrogen-bond donors (Lipinski definition) is 2. The SMILES string of the molecule is COc1cc(C(=O)O)cc(NC(=O)COC(C)C)c1OC. The van der Waals surface area contributed by atoms with Crippen LogP contribution in [-0.2, 0) is 9.53 Å². The molecule has 7 nitrogen and oxygen atoms in total. The number of hydrogen-bond acceptors (Lipinski definition) is 5. The monoisotopic (exact) mass is 297 g/mol. The number of ether oxygens (including phenoxy) is 3. The van der Waals surface area contributed by atoms with Crippen molar-refractivity contribution in [1.82, 2.24) is 0 Å². The predicted molar refractivity (Wildman–Crippen MR) is 76.2 cm³/mol. The van der Waals surface area contributed by atoms with E-state index in [0.717, 1.165) is 0 Å². The quantitative estimate of drug-likeness (QED) is 0.796. The van der Waals surface area contributed by atoms with Gasteiger partial charge in [0, 0.05) is 0 Å². The molecule has 0 spiro atoms. The number of anilines is 1. The minimum atomic E-state index is -1.13. The van der Waals surface area contributed by atoms with E-state index in [-0.39, 0.29) is 35.5 Å². The van der Waals surface area contributed by atoms with Crippen LogP contribution in [0.2, 0.25) is 0 Å². The van der Waals surface area contributed by atoms with Crippen molar-refractivity contribution in [3.63, 3.8) is 0 Å². The molecule has 21 heavy (non-hydrogen) atoms. The van der Waals surface area contributed by atoms with Crippen LogP contribution < -0.4 is 14.8 Å². The highest BCUT2D eigenvalue weighted by Crippen LogP contribution is 2.36. The number of carbonyl (C=O) groups is 2. The van der Waals surface area contributed by atoms with E-state index in [1.807, 2.05) is 13.8 Å². The summed E-state index contributed by atoms with van der Waals surface area (Å²) in [5.41, 5.74) is 0.194. The van der Waals surface area contributed by atoms with Gasteiger partial charge in [-0.15, -0.1) is 0 Å². The van der Waals surface area contributed by atoms with Crippen molar-refractivity contribution < 1.29 is 28.9 Å². The fourth-order valence-corrected chi connectivity index (χ4v) is 1.61. The Bertz CT molecular complexity index is 526. The molecule has 0 radical (unpaired) electrons. The zero-order valence-electron chi connectivity index (χ0n) is 12.4. The lowest BCUT2D eigenvalue weighted by Crippen LogP contribution is -2.21. The van der Waals surface area contributed by atoms with Gasteiger partial charge in [0.1, 0.15) is 6.61 Å². The summed E-state index contributed by atoms with van der Waals surface area (Å²) in [6.45, 7) is 3.48. The molecule has 0 saturated carbocycles. The Hall–Kier alpha value is -2.28. The van der Waals surface area contributed by atoms with Gasteiger partial charge in [0.2, 0.25) is 5.91 Å². The molecule has 0 aromatic heterocycles. The van der Waals surface area contributed by atoms with Gasteiger partial charge in [-0.05, 0) is 26.0 Å². The summed E-state index contributed by atoms with van der Waals surface area (Å²) < 4.78 is 15.4. The molecule has 116 valence electrons. The van der Waals surface area contributed by atoms with E-state index in [9.17, 15) is 9.59 Å². The first-order valence-electron chi connectivity index (χ1n) is 6.29. The van der Waals surface area contributed by atoms with E-state index < -0.39 is 11.9 Å². The van der Waals surface area contributed by atoms with E-state index in [2.05, 4.69) is 5.32 Å². The van der Waals surface area contributed by atoms with Crippen LogP contribution in [0, 0.1) is 0 Å². The summed E-state index contributed by atoms with van der Waals surface area (Å²) in [6, 6.07) is 2.62. The highest BCUT2D eigenvalue weighted by atomic mass is 16.5. The van der Waals surface area contributed by atoms with E-state index in [1.165, 1.54) is 26.4 Å². The molecule has 2 N–H and O–H groups in total. The van der Waals surface area contributed by atoms with Crippen LogP contribution in [0.25, 0.3) is 0 Å². The number of carbonyl (C=O) groups excluding carboxylic acids is 1. The van der Waals surface area contributed by atoms with Crippen LogP contribution in [0.3, 0.4) is 0 Å². The molecular weight excluding hydrogens is 278 g/mol. The minimum Gasteiger partial charge on any atom is -0.493 e. The van der Waals surface area contributed by atoms with Crippen LogP contribution in [0.4, 0.5) is 5.69 Å². The highest BCUT2D eigenvalue weighted by Gasteiger charge is 2.17. The average Bonchev–Trinajstić information content (AvgIpc) is 2.43. The van der Waals surface area contributed by atoms with E-state index in [4.69, 9.17) is 19.3 Å².